The average molecular weight is 424 g/mol. The van der Waals surface area contributed by atoms with E-state index < -0.39 is 5.91 Å². The Labute approximate surface area is 178 Å². The molecule has 3 aromatic rings. The first kappa shape index (κ1) is 20.9. The van der Waals surface area contributed by atoms with Crippen molar-refractivity contribution in [1.29, 1.82) is 0 Å². The molecule has 0 aliphatic heterocycles. The highest BCUT2D eigenvalue weighted by molar-refractivity contribution is 6.34. The Morgan fingerprint density at radius 1 is 1.03 bits per heavy atom. The van der Waals surface area contributed by atoms with Gasteiger partial charge in [-0.3, -0.25) is 9.59 Å². The molecule has 0 radical (unpaired) electrons. The van der Waals surface area contributed by atoms with Gasteiger partial charge in [0.1, 0.15) is 11.5 Å². The number of hydrazone groups is 1. The van der Waals surface area contributed by atoms with Gasteiger partial charge in [-0.2, -0.15) is 5.10 Å². The molecule has 2 amide bonds. The number of ether oxygens (including phenoxy) is 1. The highest BCUT2D eigenvalue weighted by atomic mass is 35.5. The van der Waals surface area contributed by atoms with Crippen molar-refractivity contribution >= 4 is 35.3 Å². The minimum absolute atomic E-state index is 0.00178. The Kier molecular flexibility index (Phi) is 6.67. The number of carbonyl (C=O) groups excluding carboxylic acids is 2. The molecule has 0 aromatic heterocycles. The summed E-state index contributed by atoms with van der Waals surface area (Å²) in [4.78, 5) is 24.7. The summed E-state index contributed by atoms with van der Waals surface area (Å²) in [5.41, 5.74) is 3.82. The fraction of sp³-hybridized carbons (Fsp3) is 0.0455. The van der Waals surface area contributed by atoms with Crippen LogP contribution < -0.4 is 15.5 Å². The van der Waals surface area contributed by atoms with E-state index in [1.54, 1.807) is 54.6 Å². The smallest absolute Gasteiger partial charge is 0.271 e. The second-order valence-corrected chi connectivity index (χ2v) is 6.55. The van der Waals surface area contributed by atoms with Crippen LogP contribution in [0.15, 0.2) is 71.8 Å². The predicted octanol–water partition coefficient (Wildman–Crippen LogP) is 4.07. The number of rotatable bonds is 6. The van der Waals surface area contributed by atoms with Gasteiger partial charge in [-0.15, -0.1) is 0 Å². The van der Waals surface area contributed by atoms with Gasteiger partial charge in [0.15, 0.2) is 0 Å². The SMILES string of the molecule is COc1ccc(O)c(/C=N\NC(=O)c2cccc(NC(=O)c3ccccc3Cl)c2)c1. The van der Waals surface area contributed by atoms with Crippen molar-refractivity contribution in [1.82, 2.24) is 5.43 Å². The highest BCUT2D eigenvalue weighted by Crippen LogP contribution is 2.21. The molecular formula is C22H18ClN3O4. The number of hydrogen-bond acceptors (Lipinski definition) is 5. The van der Waals surface area contributed by atoms with E-state index in [0.717, 1.165) is 0 Å². The van der Waals surface area contributed by atoms with Gasteiger partial charge in [0.2, 0.25) is 0 Å². The fourth-order valence-electron chi connectivity index (χ4n) is 2.57. The summed E-state index contributed by atoms with van der Waals surface area (Å²) in [5, 5.41) is 16.7. The molecule has 0 heterocycles. The first-order chi connectivity index (χ1) is 14.5. The van der Waals surface area contributed by atoms with Gasteiger partial charge in [-0.05, 0) is 48.5 Å². The summed E-state index contributed by atoms with van der Waals surface area (Å²) < 4.78 is 5.09. The minimum Gasteiger partial charge on any atom is -0.507 e. The van der Waals surface area contributed by atoms with E-state index in [0.29, 0.717) is 33.1 Å². The quantitative estimate of drug-likeness (QED) is 0.411. The lowest BCUT2D eigenvalue weighted by molar-refractivity contribution is 0.0953. The third-order valence-electron chi connectivity index (χ3n) is 4.11. The van der Waals surface area contributed by atoms with Gasteiger partial charge in [-0.25, -0.2) is 5.43 Å². The predicted molar refractivity (Wildman–Crippen MR) is 116 cm³/mol. The van der Waals surface area contributed by atoms with Gasteiger partial charge in [-0.1, -0.05) is 29.8 Å². The van der Waals surface area contributed by atoms with Crippen LogP contribution in [0.25, 0.3) is 0 Å². The first-order valence-corrected chi connectivity index (χ1v) is 9.22. The Morgan fingerprint density at radius 2 is 1.83 bits per heavy atom. The van der Waals surface area contributed by atoms with E-state index in [9.17, 15) is 14.7 Å². The number of methoxy groups -OCH3 is 1. The molecule has 0 aliphatic carbocycles. The Hall–Kier alpha value is -3.84. The van der Waals surface area contributed by atoms with Crippen LogP contribution in [0, 0.1) is 0 Å². The van der Waals surface area contributed by atoms with E-state index in [1.165, 1.54) is 25.5 Å². The summed E-state index contributed by atoms with van der Waals surface area (Å²) in [6.07, 6.45) is 1.30. The topological polar surface area (TPSA) is 100 Å². The molecule has 152 valence electrons. The Morgan fingerprint density at radius 3 is 2.60 bits per heavy atom. The summed E-state index contributed by atoms with van der Waals surface area (Å²) in [5.74, 6) is -0.326. The van der Waals surface area contributed by atoms with E-state index in [2.05, 4.69) is 15.8 Å². The van der Waals surface area contributed by atoms with Gasteiger partial charge in [0, 0.05) is 16.8 Å². The summed E-state index contributed by atoms with van der Waals surface area (Å²) in [7, 11) is 1.51. The molecular weight excluding hydrogens is 406 g/mol. The number of amides is 2. The number of phenolic OH excluding ortho intramolecular Hbond substituents is 1. The largest absolute Gasteiger partial charge is 0.507 e. The van der Waals surface area contributed by atoms with Crippen LogP contribution in [0.2, 0.25) is 5.02 Å². The van der Waals surface area contributed by atoms with E-state index in [-0.39, 0.29) is 11.7 Å². The zero-order valence-electron chi connectivity index (χ0n) is 15.9. The van der Waals surface area contributed by atoms with Crippen LogP contribution in [0.3, 0.4) is 0 Å². The molecule has 3 aromatic carbocycles. The standard InChI is InChI=1S/C22H18ClN3O4/c1-30-17-9-10-20(27)15(12-17)13-24-26-21(28)14-5-4-6-16(11-14)25-22(29)18-7-2-3-8-19(18)23/h2-13,27H,1H3,(H,25,29)(H,26,28)/b24-13-. The van der Waals surface area contributed by atoms with E-state index >= 15 is 0 Å². The van der Waals surface area contributed by atoms with Crippen LogP contribution in [0.4, 0.5) is 5.69 Å². The fourth-order valence-corrected chi connectivity index (χ4v) is 2.79. The average Bonchev–Trinajstić information content (AvgIpc) is 2.75. The number of nitrogens with one attached hydrogen (secondary N) is 2. The van der Waals surface area contributed by atoms with Crippen molar-refractivity contribution in [3.05, 3.63) is 88.4 Å². The molecule has 3 rings (SSSR count). The van der Waals surface area contributed by atoms with E-state index in [4.69, 9.17) is 16.3 Å². The van der Waals surface area contributed by atoms with Crippen molar-refractivity contribution in [3.63, 3.8) is 0 Å². The molecule has 0 aliphatic rings. The number of nitrogens with zero attached hydrogens (tertiary/aromatic N) is 1. The zero-order chi connectivity index (χ0) is 21.5. The van der Waals surface area contributed by atoms with E-state index in [1.807, 2.05) is 0 Å². The molecule has 8 heteroatoms. The molecule has 3 N–H and O–H groups in total. The van der Waals surface area contributed by atoms with Crippen molar-refractivity contribution in [2.75, 3.05) is 12.4 Å². The van der Waals surface area contributed by atoms with Gasteiger partial charge < -0.3 is 15.2 Å². The number of anilines is 1. The van der Waals surface area contributed by atoms with Crippen molar-refractivity contribution in [3.8, 4) is 11.5 Å². The number of aromatic hydroxyl groups is 1. The summed E-state index contributed by atoms with van der Waals surface area (Å²) in [6.45, 7) is 0. The number of benzene rings is 3. The molecule has 0 saturated heterocycles. The van der Waals surface area contributed by atoms with Gasteiger partial charge in [0.25, 0.3) is 11.8 Å². The lowest BCUT2D eigenvalue weighted by Gasteiger charge is -2.08. The van der Waals surface area contributed by atoms with Crippen LogP contribution in [0.5, 0.6) is 11.5 Å². The van der Waals surface area contributed by atoms with Crippen LogP contribution in [0.1, 0.15) is 26.3 Å². The maximum absolute atomic E-state index is 12.4. The summed E-state index contributed by atoms with van der Waals surface area (Å²) >= 11 is 6.04. The minimum atomic E-state index is -0.484. The molecule has 0 atom stereocenters. The lowest BCUT2D eigenvalue weighted by atomic mass is 10.1. The van der Waals surface area contributed by atoms with Gasteiger partial charge >= 0.3 is 0 Å². The molecule has 0 fully saturated rings. The molecule has 0 spiro atoms. The zero-order valence-corrected chi connectivity index (χ0v) is 16.7. The molecule has 30 heavy (non-hydrogen) atoms. The maximum Gasteiger partial charge on any atom is 0.271 e. The first-order valence-electron chi connectivity index (χ1n) is 8.84. The lowest BCUT2D eigenvalue weighted by Crippen LogP contribution is -2.18. The highest BCUT2D eigenvalue weighted by Gasteiger charge is 2.11. The van der Waals surface area contributed by atoms with Crippen molar-refractivity contribution in [2.45, 2.75) is 0 Å². The molecule has 0 bridgehead atoms. The molecule has 0 saturated carbocycles. The van der Waals surface area contributed by atoms with Crippen LogP contribution in [-0.2, 0) is 0 Å². The maximum atomic E-state index is 12.4. The molecule has 0 unspecified atom stereocenters. The summed E-state index contributed by atoms with van der Waals surface area (Å²) in [6, 6.07) is 17.7. The Balaban J connectivity index is 1.67. The normalized spacial score (nSPS) is 10.6. The second kappa shape index (κ2) is 9.58. The van der Waals surface area contributed by atoms with Crippen molar-refractivity contribution < 1.29 is 19.4 Å². The Bertz CT molecular complexity index is 1120. The monoisotopic (exact) mass is 423 g/mol. The number of halogens is 1. The number of hydrogen-bond donors (Lipinski definition) is 3. The third-order valence-corrected chi connectivity index (χ3v) is 4.44. The third kappa shape index (κ3) is 5.15. The number of phenols is 1. The van der Waals surface area contributed by atoms with Gasteiger partial charge in [0.05, 0.1) is 23.9 Å². The number of carbonyl (C=O) groups is 2. The van der Waals surface area contributed by atoms with Crippen molar-refractivity contribution in [2.24, 2.45) is 5.10 Å². The van der Waals surface area contributed by atoms with Crippen LogP contribution in [-0.4, -0.2) is 30.2 Å². The second-order valence-electron chi connectivity index (χ2n) is 6.14. The van der Waals surface area contributed by atoms with Crippen LogP contribution >= 0.6 is 11.6 Å². The molecule has 7 nitrogen and oxygen atoms in total.